The second-order valence-corrected chi connectivity index (χ2v) is 5.35. The summed E-state index contributed by atoms with van der Waals surface area (Å²) in [6.07, 6.45) is -2.06. The van der Waals surface area contributed by atoms with Crippen LogP contribution >= 0.6 is 0 Å². The molecular formula is C15H20F3NO. The lowest BCUT2D eigenvalue weighted by molar-refractivity contribution is -0.189. The number of aliphatic hydroxyl groups excluding tert-OH is 1. The molecule has 0 spiro atoms. The Morgan fingerprint density at radius 2 is 1.80 bits per heavy atom. The zero-order valence-corrected chi connectivity index (χ0v) is 11.2. The standard InChI is InChI=1S/C15H20F3NO/c16-15(17,18)12-8-4-5-9-13(12)19-14(10-20)11-6-2-1-3-7-11/h1-3,6-7,12-14,19-20H,4-5,8-10H2. The van der Waals surface area contributed by atoms with Crippen LogP contribution in [0.25, 0.3) is 0 Å². The van der Waals surface area contributed by atoms with Gasteiger partial charge in [-0.3, -0.25) is 0 Å². The minimum atomic E-state index is -4.17. The molecule has 1 aliphatic carbocycles. The van der Waals surface area contributed by atoms with Gasteiger partial charge in [0.2, 0.25) is 0 Å². The SMILES string of the molecule is OCC(NC1CCCCC1C(F)(F)F)c1ccccc1. The van der Waals surface area contributed by atoms with Crippen LogP contribution in [0.5, 0.6) is 0 Å². The molecule has 0 aromatic heterocycles. The largest absolute Gasteiger partial charge is 0.394 e. The Morgan fingerprint density at radius 3 is 2.40 bits per heavy atom. The number of alkyl halides is 3. The summed E-state index contributed by atoms with van der Waals surface area (Å²) in [6.45, 7) is -0.203. The van der Waals surface area contributed by atoms with Crippen molar-refractivity contribution in [1.29, 1.82) is 0 Å². The Labute approximate surface area is 117 Å². The summed E-state index contributed by atoms with van der Waals surface area (Å²) in [4.78, 5) is 0. The molecule has 1 aliphatic rings. The fraction of sp³-hybridized carbons (Fsp3) is 0.600. The van der Waals surface area contributed by atoms with Gasteiger partial charge in [-0.25, -0.2) is 0 Å². The van der Waals surface area contributed by atoms with E-state index in [0.29, 0.717) is 12.8 Å². The lowest BCUT2D eigenvalue weighted by atomic mass is 9.83. The molecule has 0 aliphatic heterocycles. The van der Waals surface area contributed by atoms with Crippen molar-refractivity contribution in [2.24, 2.45) is 5.92 Å². The van der Waals surface area contributed by atoms with E-state index in [-0.39, 0.29) is 13.0 Å². The van der Waals surface area contributed by atoms with Crippen molar-refractivity contribution in [3.05, 3.63) is 35.9 Å². The number of hydrogen-bond acceptors (Lipinski definition) is 2. The van der Waals surface area contributed by atoms with Crippen LogP contribution in [0.4, 0.5) is 13.2 Å². The van der Waals surface area contributed by atoms with E-state index in [1.165, 1.54) is 0 Å². The molecule has 2 rings (SSSR count). The van der Waals surface area contributed by atoms with Crippen molar-refractivity contribution in [1.82, 2.24) is 5.32 Å². The monoisotopic (exact) mass is 287 g/mol. The van der Waals surface area contributed by atoms with Crippen LogP contribution in [-0.4, -0.2) is 23.9 Å². The number of rotatable bonds is 4. The fourth-order valence-electron chi connectivity index (χ4n) is 2.92. The number of hydrogen-bond donors (Lipinski definition) is 2. The third-order valence-corrected chi connectivity index (χ3v) is 3.99. The van der Waals surface area contributed by atoms with Crippen molar-refractivity contribution in [2.45, 2.75) is 43.9 Å². The van der Waals surface area contributed by atoms with Crippen molar-refractivity contribution >= 4 is 0 Å². The summed E-state index contributed by atoms with van der Waals surface area (Å²) in [5.74, 6) is -1.31. The number of benzene rings is 1. The molecule has 2 N–H and O–H groups in total. The Hall–Kier alpha value is -1.07. The van der Waals surface area contributed by atoms with Gasteiger partial charge in [-0.2, -0.15) is 13.2 Å². The van der Waals surface area contributed by atoms with E-state index in [1.54, 1.807) is 0 Å². The second kappa shape index (κ2) is 6.59. The van der Waals surface area contributed by atoms with E-state index >= 15 is 0 Å². The highest BCUT2D eigenvalue weighted by Gasteiger charge is 2.45. The van der Waals surface area contributed by atoms with Crippen molar-refractivity contribution < 1.29 is 18.3 Å². The van der Waals surface area contributed by atoms with Crippen LogP contribution in [0.15, 0.2) is 30.3 Å². The molecule has 0 bridgehead atoms. The first-order valence-corrected chi connectivity index (χ1v) is 7.01. The molecule has 1 fully saturated rings. The van der Waals surface area contributed by atoms with Crippen LogP contribution in [0.2, 0.25) is 0 Å². The van der Waals surface area contributed by atoms with Gasteiger partial charge >= 0.3 is 6.18 Å². The van der Waals surface area contributed by atoms with Crippen molar-refractivity contribution in [3.63, 3.8) is 0 Å². The molecule has 1 aromatic carbocycles. The fourth-order valence-corrected chi connectivity index (χ4v) is 2.92. The molecule has 3 atom stereocenters. The first-order valence-electron chi connectivity index (χ1n) is 7.01. The minimum absolute atomic E-state index is 0.175. The Bertz CT molecular complexity index is 407. The number of halogens is 3. The van der Waals surface area contributed by atoms with Gasteiger partial charge in [-0.1, -0.05) is 43.2 Å². The van der Waals surface area contributed by atoms with Crippen LogP contribution in [0, 0.1) is 5.92 Å². The van der Waals surface area contributed by atoms with Crippen LogP contribution < -0.4 is 5.32 Å². The van der Waals surface area contributed by atoms with E-state index in [2.05, 4.69) is 5.32 Å². The van der Waals surface area contributed by atoms with E-state index in [4.69, 9.17) is 0 Å². The molecule has 0 radical (unpaired) electrons. The quantitative estimate of drug-likeness (QED) is 0.889. The summed E-state index contributed by atoms with van der Waals surface area (Å²) in [7, 11) is 0. The smallest absolute Gasteiger partial charge is 0.393 e. The highest BCUT2D eigenvalue weighted by molar-refractivity contribution is 5.19. The van der Waals surface area contributed by atoms with Crippen LogP contribution in [-0.2, 0) is 0 Å². The minimum Gasteiger partial charge on any atom is -0.394 e. The molecule has 20 heavy (non-hydrogen) atoms. The summed E-state index contributed by atoms with van der Waals surface area (Å²) in [5, 5.41) is 12.5. The normalized spacial score (nSPS) is 25.4. The first kappa shape index (κ1) is 15.3. The topological polar surface area (TPSA) is 32.3 Å². The van der Waals surface area contributed by atoms with E-state index in [9.17, 15) is 18.3 Å². The summed E-state index contributed by atoms with van der Waals surface area (Å²) in [5.41, 5.74) is 0.821. The first-order chi connectivity index (χ1) is 9.52. The van der Waals surface area contributed by atoms with Gasteiger partial charge in [0, 0.05) is 6.04 Å². The lowest BCUT2D eigenvalue weighted by Crippen LogP contribution is -2.47. The Kier molecular flexibility index (Phi) is 5.05. The summed E-state index contributed by atoms with van der Waals surface area (Å²) >= 11 is 0. The summed E-state index contributed by atoms with van der Waals surface area (Å²) in [6, 6.07) is 8.07. The highest BCUT2D eigenvalue weighted by atomic mass is 19.4. The predicted molar refractivity (Wildman–Crippen MR) is 71.2 cm³/mol. The molecule has 5 heteroatoms. The van der Waals surface area contributed by atoms with Gasteiger partial charge in [0.05, 0.1) is 18.6 Å². The van der Waals surface area contributed by atoms with Gasteiger partial charge in [0.15, 0.2) is 0 Å². The highest BCUT2D eigenvalue weighted by Crippen LogP contribution is 2.38. The molecule has 0 amide bonds. The second-order valence-electron chi connectivity index (χ2n) is 5.35. The van der Waals surface area contributed by atoms with E-state index in [1.807, 2.05) is 30.3 Å². The third-order valence-electron chi connectivity index (χ3n) is 3.99. The lowest BCUT2D eigenvalue weighted by Gasteiger charge is -2.36. The third kappa shape index (κ3) is 3.73. The molecular weight excluding hydrogens is 267 g/mol. The average molecular weight is 287 g/mol. The van der Waals surface area contributed by atoms with Gasteiger partial charge < -0.3 is 10.4 Å². The Morgan fingerprint density at radius 1 is 1.15 bits per heavy atom. The van der Waals surface area contributed by atoms with Crippen molar-refractivity contribution in [2.75, 3.05) is 6.61 Å². The van der Waals surface area contributed by atoms with Crippen LogP contribution in [0.1, 0.15) is 37.3 Å². The van der Waals surface area contributed by atoms with E-state index < -0.39 is 24.2 Å². The molecule has 2 nitrogen and oxygen atoms in total. The number of nitrogens with one attached hydrogen (secondary N) is 1. The Balaban J connectivity index is 2.09. The maximum Gasteiger partial charge on any atom is 0.393 e. The maximum absolute atomic E-state index is 13.0. The molecule has 1 saturated carbocycles. The van der Waals surface area contributed by atoms with E-state index in [0.717, 1.165) is 12.0 Å². The van der Waals surface area contributed by atoms with Gasteiger partial charge in [0.25, 0.3) is 0 Å². The molecule has 0 heterocycles. The molecule has 3 unspecified atom stereocenters. The van der Waals surface area contributed by atoms with Gasteiger partial charge in [0.1, 0.15) is 0 Å². The molecule has 0 saturated heterocycles. The summed E-state index contributed by atoms with van der Waals surface area (Å²) < 4.78 is 39.1. The predicted octanol–water partition coefficient (Wildman–Crippen LogP) is 3.43. The molecule has 112 valence electrons. The van der Waals surface area contributed by atoms with Gasteiger partial charge in [-0.15, -0.1) is 0 Å². The van der Waals surface area contributed by atoms with Gasteiger partial charge in [-0.05, 0) is 18.4 Å². The zero-order chi connectivity index (χ0) is 14.6. The zero-order valence-electron chi connectivity index (χ0n) is 11.2. The average Bonchev–Trinajstić information content (AvgIpc) is 2.45. The van der Waals surface area contributed by atoms with Crippen LogP contribution in [0.3, 0.4) is 0 Å². The maximum atomic E-state index is 13.0. The molecule has 1 aromatic rings. The number of aliphatic hydroxyl groups is 1. The van der Waals surface area contributed by atoms with Crippen molar-refractivity contribution in [3.8, 4) is 0 Å².